The number of fused-ring (bicyclic) bond motifs is 1. The van der Waals surface area contributed by atoms with Crippen LogP contribution in [0.15, 0.2) is 42.5 Å². The molecule has 0 amide bonds. The average molecular weight is 284 g/mol. The Morgan fingerprint density at radius 2 is 2.14 bits per heavy atom. The number of ether oxygens (including phenoxy) is 2. The molecule has 3 heteroatoms. The average Bonchev–Trinajstić information content (AvgIpc) is 3.00. The quantitative estimate of drug-likeness (QED) is 0.915. The number of aliphatic hydroxyl groups excluding tert-OH is 1. The van der Waals surface area contributed by atoms with Gasteiger partial charge in [0, 0.05) is 6.42 Å². The maximum absolute atomic E-state index is 10.3. The lowest BCUT2D eigenvalue weighted by Crippen LogP contribution is -2.00. The highest BCUT2D eigenvalue weighted by atomic mass is 16.5. The molecule has 0 spiro atoms. The monoisotopic (exact) mass is 284 g/mol. The maximum Gasteiger partial charge on any atom is 0.122 e. The number of hydrogen-bond donors (Lipinski definition) is 1. The SMILES string of the molecule is COc1cccc(C(O)CCc2ccc3c(c2)CCO3)c1. The molecule has 1 heterocycles. The molecule has 110 valence electrons. The molecule has 1 atom stereocenters. The summed E-state index contributed by atoms with van der Waals surface area (Å²) < 4.78 is 10.7. The van der Waals surface area contributed by atoms with Crippen LogP contribution in [0.2, 0.25) is 0 Å². The molecule has 0 radical (unpaired) electrons. The molecule has 0 aliphatic carbocycles. The fourth-order valence-electron chi connectivity index (χ4n) is 2.71. The zero-order valence-corrected chi connectivity index (χ0v) is 12.2. The topological polar surface area (TPSA) is 38.7 Å². The van der Waals surface area contributed by atoms with E-state index in [0.29, 0.717) is 6.42 Å². The van der Waals surface area contributed by atoms with Crippen LogP contribution in [0.4, 0.5) is 0 Å². The summed E-state index contributed by atoms with van der Waals surface area (Å²) >= 11 is 0. The normalized spacial score (nSPS) is 14.4. The minimum absolute atomic E-state index is 0.468. The van der Waals surface area contributed by atoms with Crippen LogP contribution in [-0.2, 0) is 12.8 Å². The Labute approximate surface area is 125 Å². The number of methoxy groups -OCH3 is 1. The highest BCUT2D eigenvalue weighted by Crippen LogP contribution is 2.28. The highest BCUT2D eigenvalue weighted by molar-refractivity contribution is 5.40. The van der Waals surface area contributed by atoms with Gasteiger partial charge >= 0.3 is 0 Å². The fourth-order valence-corrected chi connectivity index (χ4v) is 2.71. The molecular formula is C18H20O3. The zero-order valence-electron chi connectivity index (χ0n) is 12.2. The Bertz CT molecular complexity index is 622. The van der Waals surface area contributed by atoms with E-state index in [0.717, 1.165) is 36.5 Å². The first kappa shape index (κ1) is 14.0. The summed E-state index contributed by atoms with van der Waals surface area (Å²) in [6, 6.07) is 13.9. The van der Waals surface area contributed by atoms with Crippen molar-refractivity contribution in [1.82, 2.24) is 0 Å². The maximum atomic E-state index is 10.3. The Kier molecular flexibility index (Phi) is 4.11. The Morgan fingerprint density at radius 3 is 3.00 bits per heavy atom. The minimum Gasteiger partial charge on any atom is -0.497 e. The fraction of sp³-hybridized carbons (Fsp3) is 0.333. The minimum atomic E-state index is -0.468. The molecule has 2 aromatic carbocycles. The summed E-state index contributed by atoms with van der Waals surface area (Å²) in [6.07, 6.45) is 2.07. The number of hydrogen-bond acceptors (Lipinski definition) is 3. The molecule has 1 aliphatic heterocycles. The lowest BCUT2D eigenvalue weighted by Gasteiger charge is -2.12. The predicted octanol–water partition coefficient (Wildman–Crippen LogP) is 3.30. The van der Waals surface area contributed by atoms with Crippen LogP contribution in [0.1, 0.15) is 29.2 Å². The van der Waals surface area contributed by atoms with Gasteiger partial charge in [-0.2, -0.15) is 0 Å². The van der Waals surface area contributed by atoms with Crippen LogP contribution >= 0.6 is 0 Å². The molecule has 21 heavy (non-hydrogen) atoms. The second-order valence-corrected chi connectivity index (χ2v) is 5.37. The third kappa shape index (κ3) is 3.19. The van der Waals surface area contributed by atoms with Crippen molar-refractivity contribution in [2.45, 2.75) is 25.4 Å². The van der Waals surface area contributed by atoms with E-state index in [1.165, 1.54) is 11.1 Å². The van der Waals surface area contributed by atoms with E-state index in [-0.39, 0.29) is 0 Å². The van der Waals surface area contributed by atoms with Gasteiger partial charge < -0.3 is 14.6 Å². The van der Waals surface area contributed by atoms with Gasteiger partial charge in [0.15, 0.2) is 0 Å². The van der Waals surface area contributed by atoms with E-state index in [1.807, 2.05) is 30.3 Å². The largest absolute Gasteiger partial charge is 0.497 e. The summed E-state index contributed by atoms with van der Waals surface area (Å²) in [4.78, 5) is 0. The van der Waals surface area contributed by atoms with Gasteiger partial charge in [-0.05, 0) is 47.7 Å². The molecule has 0 fully saturated rings. The molecule has 1 unspecified atom stereocenters. The van der Waals surface area contributed by atoms with Crippen molar-refractivity contribution in [3.05, 3.63) is 59.2 Å². The first-order valence-corrected chi connectivity index (χ1v) is 7.33. The third-order valence-electron chi connectivity index (χ3n) is 3.94. The van der Waals surface area contributed by atoms with Crippen molar-refractivity contribution in [2.24, 2.45) is 0 Å². The first-order chi connectivity index (χ1) is 10.3. The van der Waals surface area contributed by atoms with Crippen LogP contribution in [-0.4, -0.2) is 18.8 Å². The molecular weight excluding hydrogens is 264 g/mol. The van der Waals surface area contributed by atoms with Crippen molar-refractivity contribution >= 4 is 0 Å². The van der Waals surface area contributed by atoms with E-state index in [4.69, 9.17) is 9.47 Å². The van der Waals surface area contributed by atoms with Gasteiger partial charge in [0.05, 0.1) is 19.8 Å². The van der Waals surface area contributed by atoms with Gasteiger partial charge in [-0.1, -0.05) is 24.3 Å². The summed E-state index contributed by atoms with van der Waals surface area (Å²) in [5.41, 5.74) is 3.43. The van der Waals surface area contributed by atoms with E-state index >= 15 is 0 Å². The Balaban J connectivity index is 1.64. The molecule has 1 N–H and O–H groups in total. The Hall–Kier alpha value is -2.00. The van der Waals surface area contributed by atoms with E-state index in [2.05, 4.69) is 12.1 Å². The van der Waals surface area contributed by atoms with Gasteiger partial charge in [-0.25, -0.2) is 0 Å². The number of rotatable bonds is 5. The second-order valence-electron chi connectivity index (χ2n) is 5.37. The van der Waals surface area contributed by atoms with Crippen molar-refractivity contribution in [3.63, 3.8) is 0 Å². The van der Waals surface area contributed by atoms with Crippen molar-refractivity contribution in [3.8, 4) is 11.5 Å². The molecule has 2 aromatic rings. The molecule has 0 saturated heterocycles. The number of aryl methyl sites for hydroxylation is 1. The number of benzene rings is 2. The van der Waals surface area contributed by atoms with E-state index in [9.17, 15) is 5.11 Å². The number of aliphatic hydroxyl groups is 1. The second kappa shape index (κ2) is 6.19. The van der Waals surface area contributed by atoms with Gasteiger partial charge in [0.25, 0.3) is 0 Å². The van der Waals surface area contributed by atoms with Crippen molar-refractivity contribution < 1.29 is 14.6 Å². The van der Waals surface area contributed by atoms with Crippen molar-refractivity contribution in [1.29, 1.82) is 0 Å². The molecule has 0 aromatic heterocycles. The van der Waals surface area contributed by atoms with Crippen LogP contribution < -0.4 is 9.47 Å². The summed E-state index contributed by atoms with van der Waals surface area (Å²) in [5.74, 6) is 1.79. The van der Waals surface area contributed by atoms with Gasteiger partial charge in [-0.3, -0.25) is 0 Å². The lowest BCUT2D eigenvalue weighted by molar-refractivity contribution is 0.167. The van der Waals surface area contributed by atoms with Crippen LogP contribution in [0.25, 0.3) is 0 Å². The lowest BCUT2D eigenvalue weighted by atomic mass is 9.99. The molecule has 0 saturated carbocycles. The zero-order chi connectivity index (χ0) is 14.7. The summed E-state index contributed by atoms with van der Waals surface area (Å²) in [5, 5.41) is 10.3. The smallest absolute Gasteiger partial charge is 0.122 e. The highest BCUT2D eigenvalue weighted by Gasteiger charge is 2.13. The molecule has 0 bridgehead atoms. The Morgan fingerprint density at radius 1 is 1.24 bits per heavy atom. The molecule has 1 aliphatic rings. The summed E-state index contributed by atoms with van der Waals surface area (Å²) in [6.45, 7) is 0.783. The molecule has 3 rings (SSSR count). The van der Waals surface area contributed by atoms with Gasteiger partial charge in [0.1, 0.15) is 11.5 Å². The first-order valence-electron chi connectivity index (χ1n) is 7.33. The van der Waals surface area contributed by atoms with Gasteiger partial charge in [-0.15, -0.1) is 0 Å². The predicted molar refractivity (Wildman–Crippen MR) is 81.9 cm³/mol. The van der Waals surface area contributed by atoms with Gasteiger partial charge in [0.2, 0.25) is 0 Å². The van der Waals surface area contributed by atoms with Crippen LogP contribution in [0.3, 0.4) is 0 Å². The van der Waals surface area contributed by atoms with Crippen LogP contribution in [0.5, 0.6) is 11.5 Å². The van der Waals surface area contributed by atoms with E-state index in [1.54, 1.807) is 7.11 Å². The van der Waals surface area contributed by atoms with Crippen molar-refractivity contribution in [2.75, 3.05) is 13.7 Å². The molecule has 3 nitrogen and oxygen atoms in total. The van der Waals surface area contributed by atoms with E-state index < -0.39 is 6.10 Å². The summed E-state index contributed by atoms with van der Waals surface area (Å²) in [7, 11) is 1.64. The standard InChI is InChI=1S/C18H20O3/c1-20-16-4-2-3-14(12-16)17(19)7-5-13-6-8-18-15(11-13)9-10-21-18/h2-4,6,8,11-12,17,19H,5,7,9-10H2,1H3. The third-order valence-corrected chi connectivity index (χ3v) is 3.94. The van der Waals surface area contributed by atoms with Crippen LogP contribution in [0, 0.1) is 0 Å².